The fraction of sp³-hybridized carbons (Fsp3) is 0.684. The van der Waals surface area contributed by atoms with Crippen molar-refractivity contribution in [3.05, 3.63) is 37.9 Å². The molecule has 0 spiro atoms. The number of aromatic amines is 1. The first-order chi connectivity index (χ1) is 13.9. The van der Waals surface area contributed by atoms with Gasteiger partial charge >= 0.3 is 11.9 Å². The molecule has 1 aliphatic heterocycles. The van der Waals surface area contributed by atoms with Gasteiger partial charge in [-0.15, -0.1) is 0 Å². The maximum atomic E-state index is 15.4. The largest absolute Gasteiger partial charge is 0.404 e. The van der Waals surface area contributed by atoms with Crippen LogP contribution < -0.4 is 17.0 Å². The lowest BCUT2D eigenvalue weighted by Gasteiger charge is -2.37. The molecule has 2 aliphatic carbocycles. The molecule has 3 aliphatic rings. The van der Waals surface area contributed by atoms with Crippen LogP contribution in [0, 0.1) is 5.92 Å². The number of fused-ring (bicyclic) bond motifs is 1. The van der Waals surface area contributed by atoms with E-state index in [-0.39, 0.29) is 23.7 Å². The second kappa shape index (κ2) is 7.01. The highest BCUT2D eigenvalue weighted by Gasteiger charge is 2.52. The Morgan fingerprint density at radius 1 is 1.20 bits per heavy atom. The number of H-pyrrole nitrogens is 1. The van der Waals surface area contributed by atoms with Gasteiger partial charge in [0.1, 0.15) is 18.0 Å². The summed E-state index contributed by atoms with van der Waals surface area (Å²) >= 11 is 0. The Bertz CT molecular complexity index is 1010. The van der Waals surface area contributed by atoms with Gasteiger partial charge in [-0.05, 0) is 25.3 Å². The van der Waals surface area contributed by atoms with Crippen molar-refractivity contribution in [1.29, 1.82) is 0 Å². The van der Waals surface area contributed by atoms with Crippen LogP contribution >= 0.6 is 0 Å². The summed E-state index contributed by atoms with van der Waals surface area (Å²) in [5.41, 5.74) is 4.38. The summed E-state index contributed by atoms with van der Waals surface area (Å²) in [5.74, 6) is -2.95. The van der Waals surface area contributed by atoms with Gasteiger partial charge < -0.3 is 5.73 Å². The first-order valence-electron chi connectivity index (χ1n) is 9.89. The second-order valence-electron chi connectivity index (χ2n) is 8.53. The van der Waals surface area contributed by atoms with Crippen LogP contribution in [0.3, 0.4) is 0 Å². The van der Waals surface area contributed by atoms with Gasteiger partial charge in [0.05, 0.1) is 11.6 Å². The third-order valence-corrected chi connectivity index (χ3v) is 6.54. The molecule has 1 aromatic heterocycles. The molecular formula is C19H23F5N4O2. The lowest BCUT2D eigenvalue weighted by molar-refractivity contribution is -0.161. The molecule has 3 N–H and O–H groups in total. The molecule has 0 amide bonds. The van der Waals surface area contributed by atoms with E-state index in [9.17, 15) is 27.2 Å². The summed E-state index contributed by atoms with van der Waals surface area (Å²) in [6, 6.07) is -3.55. The van der Waals surface area contributed by atoms with Gasteiger partial charge in [-0.1, -0.05) is 6.92 Å². The van der Waals surface area contributed by atoms with Crippen molar-refractivity contribution in [2.24, 2.45) is 11.7 Å². The van der Waals surface area contributed by atoms with Crippen LogP contribution in [0.5, 0.6) is 0 Å². The normalized spacial score (nSPS) is 31.2. The zero-order chi connectivity index (χ0) is 22.1. The molecule has 0 radical (unpaired) electrons. The van der Waals surface area contributed by atoms with E-state index in [4.69, 9.17) is 5.73 Å². The summed E-state index contributed by atoms with van der Waals surface area (Å²) in [7, 11) is 0. The molecule has 1 saturated heterocycles. The average molecular weight is 434 g/mol. The smallest absolute Gasteiger partial charge is 0.320 e. The number of nitrogens with zero attached hydrogens (tertiary/aromatic N) is 2. The average Bonchev–Trinajstić information content (AvgIpc) is 3.40. The maximum Gasteiger partial charge on any atom is 0.404 e. The minimum absolute atomic E-state index is 0.0164. The Labute approximate surface area is 168 Å². The van der Waals surface area contributed by atoms with Gasteiger partial charge in [-0.2, -0.15) is 13.2 Å². The summed E-state index contributed by atoms with van der Waals surface area (Å²) < 4.78 is 70.4. The first-order valence-corrected chi connectivity index (χ1v) is 9.89. The fourth-order valence-electron chi connectivity index (χ4n) is 4.89. The zero-order valence-electron chi connectivity index (χ0n) is 16.5. The summed E-state index contributed by atoms with van der Waals surface area (Å²) in [6.07, 6.45) is -5.16. The Morgan fingerprint density at radius 2 is 1.83 bits per heavy atom. The van der Waals surface area contributed by atoms with E-state index in [0.717, 1.165) is 12.8 Å². The SMILES string of the molecule is CC1=C(F)C(N2CC(F)C(C(N)C(F)(F)F)C2)C(C)c2c1c(=O)[nH]c(=O)n2C1CC1. The first kappa shape index (κ1) is 21.2. The van der Waals surface area contributed by atoms with E-state index in [0.29, 0.717) is 5.69 Å². The Hall–Kier alpha value is -2.01. The van der Waals surface area contributed by atoms with Gasteiger partial charge in [0.25, 0.3) is 5.56 Å². The van der Waals surface area contributed by atoms with Crippen LogP contribution in [-0.4, -0.2) is 52.0 Å². The molecule has 1 aromatic rings. The monoisotopic (exact) mass is 434 g/mol. The second-order valence-corrected chi connectivity index (χ2v) is 8.53. The summed E-state index contributed by atoms with van der Waals surface area (Å²) in [4.78, 5) is 28.4. The number of hydrogen-bond donors (Lipinski definition) is 2. The topological polar surface area (TPSA) is 84.1 Å². The summed E-state index contributed by atoms with van der Waals surface area (Å²) in [6.45, 7) is 2.23. The quantitative estimate of drug-likeness (QED) is 0.715. The van der Waals surface area contributed by atoms with Gasteiger partial charge in [0, 0.05) is 36.7 Å². The Balaban J connectivity index is 1.76. The molecule has 30 heavy (non-hydrogen) atoms. The number of alkyl halides is 4. The number of hydrogen-bond acceptors (Lipinski definition) is 4. The molecule has 0 bridgehead atoms. The lowest BCUT2D eigenvalue weighted by Crippen LogP contribution is -2.48. The Kier molecular flexibility index (Phi) is 4.96. The van der Waals surface area contributed by atoms with E-state index in [2.05, 4.69) is 4.98 Å². The van der Waals surface area contributed by atoms with Gasteiger partial charge in [-0.3, -0.25) is 19.2 Å². The number of allylic oxidation sites excluding steroid dienone is 1. The molecule has 166 valence electrons. The zero-order valence-corrected chi connectivity index (χ0v) is 16.5. The highest BCUT2D eigenvalue weighted by atomic mass is 19.4. The molecule has 1 saturated carbocycles. The van der Waals surface area contributed by atoms with E-state index in [1.54, 1.807) is 6.92 Å². The third kappa shape index (κ3) is 3.22. The van der Waals surface area contributed by atoms with Crippen molar-refractivity contribution in [2.45, 2.75) is 63.1 Å². The van der Waals surface area contributed by atoms with Crippen LogP contribution in [-0.2, 0) is 0 Å². The number of aromatic nitrogens is 2. The molecule has 2 heterocycles. The molecule has 5 atom stereocenters. The highest BCUT2D eigenvalue weighted by Crippen LogP contribution is 2.45. The molecule has 2 fully saturated rings. The molecule has 0 aromatic carbocycles. The number of rotatable bonds is 3. The van der Waals surface area contributed by atoms with Crippen molar-refractivity contribution >= 4 is 5.57 Å². The standard InChI is InChI=1S/C19H23F5N4O2/c1-7-12-14(28(9-3-4-9)18(30)26-17(12)29)8(2)15(13(7)21)27-5-10(11(20)6-27)16(25)19(22,23)24/h8-11,15-16H,3-6,25H2,1-2H3,(H,26,29,30). The van der Waals surface area contributed by atoms with E-state index < -0.39 is 59.9 Å². The van der Waals surface area contributed by atoms with Crippen molar-refractivity contribution in [1.82, 2.24) is 14.5 Å². The van der Waals surface area contributed by atoms with Crippen molar-refractivity contribution in [3.63, 3.8) is 0 Å². The Morgan fingerprint density at radius 3 is 2.40 bits per heavy atom. The number of nitrogens with one attached hydrogen (secondary N) is 1. The molecule has 4 rings (SSSR count). The van der Waals surface area contributed by atoms with E-state index in [1.165, 1.54) is 16.4 Å². The van der Waals surface area contributed by atoms with Crippen LogP contribution in [0.1, 0.15) is 49.9 Å². The molecule has 11 heteroatoms. The predicted octanol–water partition coefficient (Wildman–Crippen LogP) is 2.22. The van der Waals surface area contributed by atoms with Crippen molar-refractivity contribution < 1.29 is 22.0 Å². The van der Waals surface area contributed by atoms with Crippen LogP contribution in [0.15, 0.2) is 15.4 Å². The van der Waals surface area contributed by atoms with Crippen molar-refractivity contribution in [3.8, 4) is 0 Å². The minimum atomic E-state index is -4.76. The number of halogens is 5. The highest BCUT2D eigenvalue weighted by molar-refractivity contribution is 5.71. The maximum absolute atomic E-state index is 15.4. The third-order valence-electron chi connectivity index (χ3n) is 6.54. The number of nitrogens with two attached hydrogens (primary N) is 1. The molecular weight excluding hydrogens is 411 g/mol. The van der Waals surface area contributed by atoms with Crippen LogP contribution in [0.2, 0.25) is 0 Å². The number of likely N-dealkylation sites (tertiary alicyclic amines) is 1. The summed E-state index contributed by atoms with van der Waals surface area (Å²) in [5, 5.41) is 0. The van der Waals surface area contributed by atoms with Crippen LogP contribution in [0.25, 0.3) is 5.57 Å². The molecule has 5 unspecified atom stereocenters. The van der Waals surface area contributed by atoms with E-state index in [1.807, 2.05) is 0 Å². The van der Waals surface area contributed by atoms with Gasteiger partial charge in [0.2, 0.25) is 0 Å². The predicted molar refractivity (Wildman–Crippen MR) is 99.5 cm³/mol. The minimum Gasteiger partial charge on any atom is -0.320 e. The van der Waals surface area contributed by atoms with Crippen LogP contribution in [0.4, 0.5) is 22.0 Å². The van der Waals surface area contributed by atoms with Gasteiger partial charge in [0.15, 0.2) is 0 Å². The lowest BCUT2D eigenvalue weighted by atomic mass is 9.83. The van der Waals surface area contributed by atoms with E-state index >= 15 is 4.39 Å². The fourth-order valence-corrected chi connectivity index (χ4v) is 4.89. The molecule has 6 nitrogen and oxygen atoms in total. The van der Waals surface area contributed by atoms with Gasteiger partial charge in [-0.25, -0.2) is 13.6 Å². The van der Waals surface area contributed by atoms with Crippen molar-refractivity contribution in [2.75, 3.05) is 13.1 Å².